The molecule has 18 heavy (non-hydrogen) atoms. The fraction of sp³-hybridized carbons (Fsp3) is 0.286. The summed E-state index contributed by atoms with van der Waals surface area (Å²) in [6.45, 7) is 1.94. The molecule has 4 nitrogen and oxygen atoms in total. The van der Waals surface area contributed by atoms with Crippen molar-refractivity contribution in [3.8, 4) is 0 Å². The summed E-state index contributed by atoms with van der Waals surface area (Å²) >= 11 is 0. The average Bonchev–Trinajstić information content (AvgIpc) is 2.77. The predicted molar refractivity (Wildman–Crippen MR) is 72.4 cm³/mol. The summed E-state index contributed by atoms with van der Waals surface area (Å²) in [4.78, 5) is 8.24. The molecule has 1 aromatic heterocycles. The van der Waals surface area contributed by atoms with Crippen molar-refractivity contribution in [3.05, 3.63) is 47.3 Å². The zero-order valence-electron chi connectivity index (χ0n) is 10.4. The first-order chi connectivity index (χ1) is 8.74. The summed E-state index contributed by atoms with van der Waals surface area (Å²) in [6, 6.07) is 8.97. The quantitative estimate of drug-likeness (QED) is 0.842. The summed E-state index contributed by atoms with van der Waals surface area (Å²) in [6.07, 6.45) is 3.59. The molecule has 1 aliphatic rings. The lowest BCUT2D eigenvalue weighted by molar-refractivity contribution is 0.766. The molecule has 0 fully saturated rings. The molecule has 0 saturated carbocycles. The maximum absolute atomic E-state index is 5.79. The van der Waals surface area contributed by atoms with Crippen LogP contribution in [0, 0.1) is 6.92 Å². The van der Waals surface area contributed by atoms with E-state index in [0.717, 1.165) is 24.2 Å². The van der Waals surface area contributed by atoms with Crippen LogP contribution >= 0.6 is 0 Å². The van der Waals surface area contributed by atoms with Crippen LogP contribution in [0.5, 0.6) is 0 Å². The Morgan fingerprint density at radius 3 is 2.50 bits per heavy atom. The van der Waals surface area contributed by atoms with E-state index in [-0.39, 0.29) is 0 Å². The van der Waals surface area contributed by atoms with Gasteiger partial charge in [-0.3, -0.25) is 0 Å². The minimum atomic E-state index is 0.399. The highest BCUT2D eigenvalue weighted by Crippen LogP contribution is 2.25. The SMILES string of the molecule is Cc1c(N)ncnc1NC1Cc2ccccc2C1. The van der Waals surface area contributed by atoms with Gasteiger partial charge in [0.25, 0.3) is 0 Å². The topological polar surface area (TPSA) is 63.8 Å². The van der Waals surface area contributed by atoms with Gasteiger partial charge in [0.05, 0.1) is 0 Å². The lowest BCUT2D eigenvalue weighted by Crippen LogP contribution is -2.21. The van der Waals surface area contributed by atoms with Gasteiger partial charge in [-0.05, 0) is 30.9 Å². The fourth-order valence-electron chi connectivity index (χ4n) is 2.46. The van der Waals surface area contributed by atoms with Crippen molar-refractivity contribution in [2.75, 3.05) is 11.1 Å². The van der Waals surface area contributed by atoms with E-state index in [0.29, 0.717) is 11.9 Å². The minimum absolute atomic E-state index is 0.399. The molecule has 0 unspecified atom stereocenters. The third kappa shape index (κ3) is 1.90. The maximum atomic E-state index is 5.79. The molecular weight excluding hydrogens is 224 g/mol. The van der Waals surface area contributed by atoms with E-state index in [2.05, 4.69) is 39.6 Å². The number of hydrogen-bond donors (Lipinski definition) is 2. The summed E-state index contributed by atoms with van der Waals surface area (Å²) in [5.74, 6) is 1.39. The number of nitrogens with one attached hydrogen (secondary N) is 1. The normalized spacial score (nSPS) is 14.5. The lowest BCUT2D eigenvalue weighted by atomic mass is 10.1. The number of nitrogens with two attached hydrogens (primary N) is 1. The molecular formula is C14H16N4. The smallest absolute Gasteiger partial charge is 0.134 e. The van der Waals surface area contributed by atoms with Crippen molar-refractivity contribution in [2.45, 2.75) is 25.8 Å². The summed E-state index contributed by atoms with van der Waals surface area (Å²) in [5, 5.41) is 3.47. The van der Waals surface area contributed by atoms with Gasteiger partial charge in [-0.2, -0.15) is 0 Å². The van der Waals surface area contributed by atoms with Gasteiger partial charge < -0.3 is 11.1 Å². The highest BCUT2D eigenvalue weighted by Gasteiger charge is 2.21. The van der Waals surface area contributed by atoms with E-state index < -0.39 is 0 Å². The molecule has 0 radical (unpaired) electrons. The molecule has 3 N–H and O–H groups in total. The number of rotatable bonds is 2. The molecule has 4 heteroatoms. The summed E-state index contributed by atoms with van der Waals surface area (Å²) in [7, 11) is 0. The first-order valence-electron chi connectivity index (χ1n) is 6.14. The Balaban J connectivity index is 1.78. The Hall–Kier alpha value is -2.10. The standard InChI is InChI=1S/C14H16N4/c1-9-13(15)16-8-17-14(9)18-12-6-10-4-2-3-5-11(10)7-12/h2-5,8,12H,6-7H2,1H3,(H3,15,16,17,18). The van der Waals surface area contributed by atoms with Crippen LogP contribution < -0.4 is 11.1 Å². The van der Waals surface area contributed by atoms with Gasteiger partial charge in [-0.1, -0.05) is 24.3 Å². The van der Waals surface area contributed by atoms with Crippen LogP contribution in [0.15, 0.2) is 30.6 Å². The number of nitrogen functional groups attached to an aromatic ring is 1. The van der Waals surface area contributed by atoms with E-state index in [4.69, 9.17) is 5.73 Å². The van der Waals surface area contributed by atoms with Gasteiger partial charge in [0, 0.05) is 11.6 Å². The molecule has 0 bridgehead atoms. The number of anilines is 2. The number of benzene rings is 1. The molecule has 0 atom stereocenters. The van der Waals surface area contributed by atoms with Crippen molar-refractivity contribution in [2.24, 2.45) is 0 Å². The Labute approximate surface area is 106 Å². The van der Waals surface area contributed by atoms with E-state index in [1.54, 1.807) is 0 Å². The number of nitrogens with zero attached hydrogens (tertiary/aromatic N) is 2. The van der Waals surface area contributed by atoms with Gasteiger partial charge >= 0.3 is 0 Å². The Morgan fingerprint density at radius 2 is 1.83 bits per heavy atom. The van der Waals surface area contributed by atoms with E-state index in [1.165, 1.54) is 17.5 Å². The van der Waals surface area contributed by atoms with Crippen LogP contribution in [0.3, 0.4) is 0 Å². The number of aromatic nitrogens is 2. The molecule has 0 saturated heterocycles. The van der Waals surface area contributed by atoms with Crippen LogP contribution in [0.2, 0.25) is 0 Å². The molecule has 0 spiro atoms. The molecule has 3 rings (SSSR count). The fourth-order valence-corrected chi connectivity index (χ4v) is 2.46. The first kappa shape index (κ1) is 11.0. The predicted octanol–water partition coefficient (Wildman–Crippen LogP) is 1.95. The maximum Gasteiger partial charge on any atom is 0.134 e. The third-order valence-corrected chi connectivity index (χ3v) is 3.51. The highest BCUT2D eigenvalue weighted by atomic mass is 15.1. The van der Waals surface area contributed by atoms with Gasteiger partial charge in [0.1, 0.15) is 18.0 Å². The lowest BCUT2D eigenvalue weighted by Gasteiger charge is -2.14. The van der Waals surface area contributed by atoms with Crippen molar-refractivity contribution >= 4 is 11.6 Å². The molecule has 2 aromatic rings. The molecule has 1 aliphatic carbocycles. The number of hydrogen-bond acceptors (Lipinski definition) is 4. The van der Waals surface area contributed by atoms with E-state index >= 15 is 0 Å². The van der Waals surface area contributed by atoms with Crippen LogP contribution in [-0.2, 0) is 12.8 Å². The zero-order chi connectivity index (χ0) is 12.5. The second kappa shape index (κ2) is 4.29. The zero-order valence-corrected chi connectivity index (χ0v) is 10.4. The molecule has 92 valence electrons. The highest BCUT2D eigenvalue weighted by molar-refractivity contribution is 5.55. The Bertz CT molecular complexity index is 555. The molecule has 0 aliphatic heterocycles. The molecule has 1 aromatic carbocycles. The van der Waals surface area contributed by atoms with Crippen LogP contribution in [0.25, 0.3) is 0 Å². The summed E-state index contributed by atoms with van der Waals surface area (Å²) < 4.78 is 0. The van der Waals surface area contributed by atoms with E-state index in [1.807, 2.05) is 6.92 Å². The van der Waals surface area contributed by atoms with Crippen molar-refractivity contribution in [3.63, 3.8) is 0 Å². The minimum Gasteiger partial charge on any atom is -0.383 e. The van der Waals surface area contributed by atoms with Crippen molar-refractivity contribution in [1.82, 2.24) is 9.97 Å². The van der Waals surface area contributed by atoms with Crippen molar-refractivity contribution in [1.29, 1.82) is 0 Å². The van der Waals surface area contributed by atoms with Crippen LogP contribution in [0.1, 0.15) is 16.7 Å². The van der Waals surface area contributed by atoms with Gasteiger partial charge in [-0.15, -0.1) is 0 Å². The van der Waals surface area contributed by atoms with E-state index in [9.17, 15) is 0 Å². The second-order valence-electron chi connectivity index (χ2n) is 4.75. The molecule has 1 heterocycles. The van der Waals surface area contributed by atoms with Gasteiger partial charge in [-0.25, -0.2) is 9.97 Å². The van der Waals surface area contributed by atoms with Crippen molar-refractivity contribution < 1.29 is 0 Å². The monoisotopic (exact) mass is 240 g/mol. The Kier molecular flexibility index (Phi) is 2.63. The second-order valence-corrected chi connectivity index (χ2v) is 4.75. The van der Waals surface area contributed by atoms with Crippen LogP contribution in [-0.4, -0.2) is 16.0 Å². The first-order valence-corrected chi connectivity index (χ1v) is 6.14. The average molecular weight is 240 g/mol. The van der Waals surface area contributed by atoms with Gasteiger partial charge in [0.2, 0.25) is 0 Å². The van der Waals surface area contributed by atoms with Gasteiger partial charge in [0.15, 0.2) is 0 Å². The third-order valence-electron chi connectivity index (χ3n) is 3.51. The molecule has 0 amide bonds. The largest absolute Gasteiger partial charge is 0.383 e. The number of fused-ring (bicyclic) bond motifs is 1. The Morgan fingerprint density at radius 1 is 1.17 bits per heavy atom. The summed E-state index contributed by atoms with van der Waals surface area (Å²) in [5.41, 5.74) is 9.56. The van der Waals surface area contributed by atoms with Crippen LogP contribution in [0.4, 0.5) is 11.6 Å².